The van der Waals surface area contributed by atoms with Crippen LogP contribution in [0.4, 0.5) is 0 Å². The Balaban J connectivity index is 1.42. The minimum atomic E-state index is -0.806. The lowest BCUT2D eigenvalue weighted by Gasteiger charge is -2.25. The Morgan fingerprint density at radius 3 is 2.46 bits per heavy atom. The molecule has 0 spiro atoms. The molecule has 2 N–H and O–H groups in total. The van der Waals surface area contributed by atoms with Gasteiger partial charge in [0.05, 0.1) is 6.21 Å². The normalized spacial score (nSPS) is 13.8. The summed E-state index contributed by atoms with van der Waals surface area (Å²) >= 11 is 1.87. The molecule has 0 bridgehead atoms. The molecular formula is C19H19N3O3S. The molecule has 0 unspecified atom stereocenters. The zero-order valence-corrected chi connectivity index (χ0v) is 14.9. The van der Waals surface area contributed by atoms with Crippen LogP contribution in [0.5, 0.6) is 5.75 Å². The molecule has 1 aliphatic rings. The van der Waals surface area contributed by atoms with Gasteiger partial charge in [-0.2, -0.15) is 16.9 Å². The number of rotatable bonds is 6. The fourth-order valence-electron chi connectivity index (χ4n) is 2.18. The number of carbonyl (C=O) groups is 2. The summed E-state index contributed by atoms with van der Waals surface area (Å²) in [5.74, 6) is 1.34. The van der Waals surface area contributed by atoms with Crippen LogP contribution in [0.3, 0.4) is 0 Å². The number of benzene rings is 2. The molecule has 26 heavy (non-hydrogen) atoms. The summed E-state index contributed by atoms with van der Waals surface area (Å²) in [4.78, 5) is 23.4. The Labute approximate surface area is 156 Å². The second-order valence-electron chi connectivity index (χ2n) is 5.71. The number of hydrazone groups is 1. The maximum absolute atomic E-state index is 11.7. The van der Waals surface area contributed by atoms with Gasteiger partial charge in [0, 0.05) is 18.1 Å². The number of amides is 2. The van der Waals surface area contributed by atoms with E-state index in [1.165, 1.54) is 6.21 Å². The third-order valence-electron chi connectivity index (χ3n) is 3.67. The fraction of sp³-hybridized carbons (Fsp3) is 0.211. The van der Waals surface area contributed by atoms with Crippen molar-refractivity contribution in [2.45, 2.75) is 12.6 Å². The van der Waals surface area contributed by atoms with Crippen molar-refractivity contribution in [3.05, 3.63) is 65.7 Å². The number of nitrogens with one attached hydrogen (secondary N) is 2. The topological polar surface area (TPSA) is 79.8 Å². The Bertz CT molecular complexity index is 774. The third kappa shape index (κ3) is 5.35. The SMILES string of the molecule is O=C(NCc1ccccc1)C(=O)N/N=C/c1ccc(OC2CSC2)cc1. The predicted molar refractivity (Wildman–Crippen MR) is 102 cm³/mol. The molecule has 2 amide bonds. The van der Waals surface area contributed by atoms with Gasteiger partial charge in [0.1, 0.15) is 11.9 Å². The van der Waals surface area contributed by atoms with Crippen molar-refractivity contribution >= 4 is 29.8 Å². The van der Waals surface area contributed by atoms with Gasteiger partial charge in [0.2, 0.25) is 0 Å². The van der Waals surface area contributed by atoms with E-state index in [0.29, 0.717) is 6.10 Å². The first-order chi connectivity index (χ1) is 12.7. The summed E-state index contributed by atoms with van der Waals surface area (Å²) < 4.78 is 5.75. The lowest BCUT2D eigenvalue weighted by molar-refractivity contribution is -0.139. The van der Waals surface area contributed by atoms with E-state index in [2.05, 4.69) is 15.8 Å². The van der Waals surface area contributed by atoms with Gasteiger partial charge in [-0.3, -0.25) is 9.59 Å². The second-order valence-corrected chi connectivity index (χ2v) is 6.79. The van der Waals surface area contributed by atoms with E-state index < -0.39 is 11.8 Å². The number of nitrogens with zero attached hydrogens (tertiary/aromatic N) is 1. The van der Waals surface area contributed by atoms with Gasteiger partial charge in [-0.25, -0.2) is 5.43 Å². The largest absolute Gasteiger partial charge is 0.489 e. The molecule has 1 fully saturated rings. The van der Waals surface area contributed by atoms with Crippen LogP contribution in [0.25, 0.3) is 0 Å². The molecule has 1 heterocycles. The monoisotopic (exact) mass is 369 g/mol. The fourth-order valence-corrected chi connectivity index (χ4v) is 2.75. The highest BCUT2D eigenvalue weighted by Gasteiger charge is 2.19. The van der Waals surface area contributed by atoms with E-state index in [9.17, 15) is 9.59 Å². The van der Waals surface area contributed by atoms with Crippen LogP contribution in [-0.4, -0.2) is 35.6 Å². The van der Waals surface area contributed by atoms with Gasteiger partial charge in [-0.05, 0) is 35.4 Å². The number of hydrogen-bond donors (Lipinski definition) is 2. The number of ether oxygens (including phenoxy) is 1. The van der Waals surface area contributed by atoms with Gasteiger partial charge >= 0.3 is 11.8 Å². The molecule has 0 radical (unpaired) electrons. The number of carbonyl (C=O) groups excluding carboxylic acids is 2. The first kappa shape index (κ1) is 18.0. The van der Waals surface area contributed by atoms with Crippen LogP contribution in [0.15, 0.2) is 59.7 Å². The Morgan fingerprint density at radius 2 is 1.81 bits per heavy atom. The molecule has 7 heteroatoms. The minimum Gasteiger partial charge on any atom is -0.489 e. The Hall–Kier alpha value is -2.80. The summed E-state index contributed by atoms with van der Waals surface area (Å²) in [5, 5.41) is 6.35. The van der Waals surface area contributed by atoms with Crippen molar-refractivity contribution in [3.63, 3.8) is 0 Å². The summed E-state index contributed by atoms with van der Waals surface area (Å²) in [7, 11) is 0. The van der Waals surface area contributed by atoms with Gasteiger partial charge in [0.15, 0.2) is 0 Å². The average molecular weight is 369 g/mol. The van der Waals surface area contributed by atoms with Gasteiger partial charge in [-0.15, -0.1) is 0 Å². The zero-order chi connectivity index (χ0) is 18.2. The Kier molecular flexibility index (Phi) is 6.27. The van der Waals surface area contributed by atoms with Crippen molar-refractivity contribution in [3.8, 4) is 5.75 Å². The summed E-state index contributed by atoms with van der Waals surface area (Å²) in [6, 6.07) is 16.8. The molecule has 0 aliphatic carbocycles. The van der Waals surface area contributed by atoms with Crippen LogP contribution >= 0.6 is 11.8 Å². The van der Waals surface area contributed by atoms with E-state index in [0.717, 1.165) is 28.4 Å². The molecule has 2 aromatic carbocycles. The molecule has 0 saturated carbocycles. The number of hydrogen-bond acceptors (Lipinski definition) is 5. The molecular weight excluding hydrogens is 350 g/mol. The first-order valence-electron chi connectivity index (χ1n) is 8.20. The lowest BCUT2D eigenvalue weighted by Crippen LogP contribution is -2.37. The van der Waals surface area contributed by atoms with Crippen LogP contribution < -0.4 is 15.5 Å². The maximum Gasteiger partial charge on any atom is 0.329 e. The molecule has 2 aromatic rings. The molecule has 0 atom stereocenters. The van der Waals surface area contributed by atoms with Crippen LogP contribution in [0.1, 0.15) is 11.1 Å². The summed E-state index contributed by atoms with van der Waals surface area (Å²) in [6.45, 7) is 0.289. The van der Waals surface area contributed by atoms with Crippen molar-refractivity contribution in [2.75, 3.05) is 11.5 Å². The smallest absolute Gasteiger partial charge is 0.329 e. The minimum absolute atomic E-state index is 0.289. The summed E-state index contributed by atoms with van der Waals surface area (Å²) in [6.07, 6.45) is 1.78. The lowest BCUT2D eigenvalue weighted by atomic mass is 10.2. The quantitative estimate of drug-likeness (QED) is 0.463. The van der Waals surface area contributed by atoms with Crippen molar-refractivity contribution in [1.29, 1.82) is 0 Å². The average Bonchev–Trinajstić information content (AvgIpc) is 2.64. The van der Waals surface area contributed by atoms with Crippen molar-refractivity contribution in [1.82, 2.24) is 10.7 Å². The van der Waals surface area contributed by atoms with Crippen molar-refractivity contribution in [2.24, 2.45) is 5.10 Å². The van der Waals surface area contributed by atoms with Crippen LogP contribution in [0.2, 0.25) is 0 Å². The van der Waals surface area contributed by atoms with Gasteiger partial charge < -0.3 is 10.1 Å². The highest BCUT2D eigenvalue weighted by atomic mass is 32.2. The first-order valence-corrected chi connectivity index (χ1v) is 9.36. The van der Waals surface area contributed by atoms with Crippen LogP contribution in [-0.2, 0) is 16.1 Å². The van der Waals surface area contributed by atoms with E-state index in [4.69, 9.17) is 4.74 Å². The van der Waals surface area contributed by atoms with E-state index >= 15 is 0 Å². The Morgan fingerprint density at radius 1 is 1.08 bits per heavy atom. The standard InChI is InChI=1S/C19H19N3O3S/c23-18(20-10-14-4-2-1-3-5-14)19(24)22-21-11-15-6-8-16(9-7-15)25-17-12-26-13-17/h1-9,11,17H,10,12-13H2,(H,20,23)(H,22,24)/b21-11+. The van der Waals surface area contributed by atoms with Crippen LogP contribution in [0, 0.1) is 0 Å². The zero-order valence-electron chi connectivity index (χ0n) is 14.1. The van der Waals surface area contributed by atoms with Gasteiger partial charge in [-0.1, -0.05) is 30.3 Å². The molecule has 3 rings (SSSR count). The molecule has 1 aliphatic heterocycles. The van der Waals surface area contributed by atoms with E-state index in [1.807, 2.05) is 66.4 Å². The molecule has 134 valence electrons. The van der Waals surface area contributed by atoms with E-state index in [-0.39, 0.29) is 6.54 Å². The van der Waals surface area contributed by atoms with E-state index in [1.54, 1.807) is 0 Å². The third-order valence-corrected chi connectivity index (χ3v) is 4.89. The highest BCUT2D eigenvalue weighted by molar-refractivity contribution is 8.00. The predicted octanol–water partition coefficient (Wildman–Crippen LogP) is 1.95. The second kappa shape index (κ2) is 9.05. The highest BCUT2D eigenvalue weighted by Crippen LogP contribution is 2.23. The maximum atomic E-state index is 11.7. The summed E-state index contributed by atoms with van der Waals surface area (Å²) in [5.41, 5.74) is 3.93. The molecule has 6 nitrogen and oxygen atoms in total. The number of thioether (sulfide) groups is 1. The van der Waals surface area contributed by atoms with Gasteiger partial charge in [0.25, 0.3) is 0 Å². The molecule has 1 saturated heterocycles. The molecule has 0 aromatic heterocycles. The van der Waals surface area contributed by atoms with Crippen molar-refractivity contribution < 1.29 is 14.3 Å².